The molecule has 0 radical (unpaired) electrons. The number of hydrogen-bond donors (Lipinski definition) is 2. The molecule has 2 aromatic rings. The molecule has 7 heteroatoms. The van der Waals surface area contributed by atoms with Crippen LogP contribution < -0.4 is 15.6 Å². The summed E-state index contributed by atoms with van der Waals surface area (Å²) in [6, 6.07) is 11.9. The van der Waals surface area contributed by atoms with Crippen molar-refractivity contribution >= 4 is 34.8 Å². The number of benzene rings is 2. The van der Waals surface area contributed by atoms with Crippen molar-refractivity contribution in [3.8, 4) is 5.75 Å². The van der Waals surface area contributed by atoms with Crippen LogP contribution in [0, 0.1) is 0 Å². The van der Waals surface area contributed by atoms with Crippen LogP contribution in [0.2, 0.25) is 10.0 Å². The van der Waals surface area contributed by atoms with Crippen molar-refractivity contribution < 1.29 is 14.3 Å². The van der Waals surface area contributed by atoms with Gasteiger partial charge in [-0.15, -0.1) is 0 Å². The van der Waals surface area contributed by atoms with Crippen molar-refractivity contribution in [1.82, 2.24) is 5.43 Å². The number of hydrazine groups is 1. The molecular formula is C18H18Cl2N2O3. The van der Waals surface area contributed by atoms with E-state index in [0.29, 0.717) is 33.7 Å². The van der Waals surface area contributed by atoms with Crippen molar-refractivity contribution in [3.63, 3.8) is 0 Å². The number of carbonyl (C=O) groups excluding carboxylic acids is 1. The Morgan fingerprint density at radius 3 is 2.64 bits per heavy atom. The van der Waals surface area contributed by atoms with E-state index in [2.05, 4.69) is 10.9 Å². The predicted molar refractivity (Wildman–Crippen MR) is 98.5 cm³/mol. The van der Waals surface area contributed by atoms with Gasteiger partial charge in [-0.1, -0.05) is 23.2 Å². The van der Waals surface area contributed by atoms with Gasteiger partial charge in [0.2, 0.25) is 0 Å². The lowest BCUT2D eigenvalue weighted by molar-refractivity contribution is 0.0679. The molecule has 1 heterocycles. The molecule has 0 saturated carbocycles. The van der Waals surface area contributed by atoms with Gasteiger partial charge in [0.1, 0.15) is 12.4 Å². The molecule has 0 unspecified atom stereocenters. The maximum atomic E-state index is 12.2. The normalized spacial score (nSPS) is 16.5. The second-order valence-electron chi connectivity index (χ2n) is 5.68. The number of anilines is 1. The average Bonchev–Trinajstić information content (AvgIpc) is 3.15. The molecule has 1 fully saturated rings. The zero-order chi connectivity index (χ0) is 17.6. The van der Waals surface area contributed by atoms with Gasteiger partial charge in [0.15, 0.2) is 0 Å². The number of carbonyl (C=O) groups is 1. The largest absolute Gasteiger partial charge is 0.491 e. The van der Waals surface area contributed by atoms with E-state index in [1.54, 1.807) is 42.5 Å². The molecule has 1 amide bonds. The van der Waals surface area contributed by atoms with Gasteiger partial charge in [0, 0.05) is 12.2 Å². The summed E-state index contributed by atoms with van der Waals surface area (Å²) in [5.41, 5.74) is 6.55. The summed E-state index contributed by atoms with van der Waals surface area (Å²) in [6.45, 7) is 1.34. The van der Waals surface area contributed by atoms with E-state index >= 15 is 0 Å². The second kappa shape index (κ2) is 8.43. The Morgan fingerprint density at radius 2 is 1.96 bits per heavy atom. The third-order valence-electron chi connectivity index (χ3n) is 3.82. The zero-order valence-electron chi connectivity index (χ0n) is 13.4. The first kappa shape index (κ1) is 17.9. The van der Waals surface area contributed by atoms with Crippen molar-refractivity contribution in [3.05, 3.63) is 58.1 Å². The number of hydrogen-bond acceptors (Lipinski definition) is 4. The molecule has 1 saturated heterocycles. The molecule has 2 N–H and O–H groups in total. The van der Waals surface area contributed by atoms with Crippen LogP contribution in [-0.4, -0.2) is 25.2 Å². The molecule has 3 rings (SSSR count). The van der Waals surface area contributed by atoms with Crippen molar-refractivity contribution in [2.45, 2.75) is 18.9 Å². The highest BCUT2D eigenvalue weighted by atomic mass is 35.5. The van der Waals surface area contributed by atoms with Crippen molar-refractivity contribution in [1.29, 1.82) is 0 Å². The molecule has 25 heavy (non-hydrogen) atoms. The van der Waals surface area contributed by atoms with E-state index in [1.807, 2.05) is 0 Å². The lowest BCUT2D eigenvalue weighted by atomic mass is 10.2. The van der Waals surface area contributed by atoms with Crippen LogP contribution in [-0.2, 0) is 4.74 Å². The van der Waals surface area contributed by atoms with E-state index in [4.69, 9.17) is 32.7 Å². The number of ether oxygens (including phenoxy) is 2. The Bertz CT molecular complexity index is 732. The van der Waals surface area contributed by atoms with Crippen LogP contribution in [0.3, 0.4) is 0 Å². The number of halogens is 2. The first-order chi connectivity index (χ1) is 12.1. The summed E-state index contributed by atoms with van der Waals surface area (Å²) in [7, 11) is 0. The van der Waals surface area contributed by atoms with Gasteiger partial charge in [0.05, 0.1) is 21.8 Å². The molecule has 0 aromatic heterocycles. The number of nitrogens with one attached hydrogen (secondary N) is 2. The summed E-state index contributed by atoms with van der Waals surface area (Å²) in [5, 5.41) is 0.866. The van der Waals surface area contributed by atoms with Crippen LogP contribution >= 0.6 is 23.2 Å². The Labute approximate surface area is 156 Å². The summed E-state index contributed by atoms with van der Waals surface area (Å²) in [6.07, 6.45) is 2.28. The SMILES string of the molecule is O=C(NNc1ccc(Cl)c(Cl)c1)c1ccc(OC[C@@H]2CCCO2)cc1. The predicted octanol–water partition coefficient (Wildman–Crippen LogP) is 4.31. The standard InChI is InChI=1S/C18H18Cl2N2O3/c19-16-8-5-13(10-17(16)20)21-22-18(23)12-3-6-14(7-4-12)25-11-15-2-1-9-24-15/h3-8,10,15,21H,1-2,9,11H2,(H,22,23)/t15-/m0/s1. The van der Waals surface area contributed by atoms with Crippen molar-refractivity contribution in [2.24, 2.45) is 0 Å². The van der Waals surface area contributed by atoms with Crippen LogP contribution in [0.1, 0.15) is 23.2 Å². The van der Waals surface area contributed by atoms with Gasteiger partial charge >= 0.3 is 0 Å². The first-order valence-electron chi connectivity index (χ1n) is 7.98. The third kappa shape index (κ3) is 5.01. The highest BCUT2D eigenvalue weighted by Gasteiger charge is 2.16. The average molecular weight is 381 g/mol. The zero-order valence-corrected chi connectivity index (χ0v) is 14.9. The minimum absolute atomic E-state index is 0.165. The Balaban J connectivity index is 1.50. The molecule has 0 aliphatic carbocycles. The van der Waals surface area contributed by atoms with E-state index in [0.717, 1.165) is 19.4 Å². The molecule has 2 aromatic carbocycles. The summed E-state index contributed by atoms with van der Waals surface area (Å²) >= 11 is 11.8. The molecular weight excluding hydrogens is 363 g/mol. The monoisotopic (exact) mass is 380 g/mol. The van der Waals surface area contributed by atoms with Crippen LogP contribution in [0.25, 0.3) is 0 Å². The second-order valence-corrected chi connectivity index (χ2v) is 6.49. The first-order valence-corrected chi connectivity index (χ1v) is 8.73. The minimum Gasteiger partial charge on any atom is -0.491 e. The Kier molecular flexibility index (Phi) is 6.02. The van der Waals surface area contributed by atoms with E-state index in [9.17, 15) is 4.79 Å². The van der Waals surface area contributed by atoms with Gasteiger partial charge in [-0.25, -0.2) is 0 Å². The van der Waals surface area contributed by atoms with Gasteiger partial charge < -0.3 is 9.47 Å². The molecule has 132 valence electrons. The van der Waals surface area contributed by atoms with Crippen LogP contribution in [0.5, 0.6) is 5.75 Å². The molecule has 1 aliphatic rings. The third-order valence-corrected chi connectivity index (χ3v) is 4.56. The van der Waals surface area contributed by atoms with Gasteiger partial charge in [-0.3, -0.25) is 15.6 Å². The molecule has 0 spiro atoms. The maximum Gasteiger partial charge on any atom is 0.269 e. The van der Waals surface area contributed by atoms with Gasteiger partial charge in [-0.05, 0) is 55.3 Å². The lowest BCUT2D eigenvalue weighted by Crippen LogP contribution is -2.29. The highest BCUT2D eigenvalue weighted by Crippen LogP contribution is 2.24. The highest BCUT2D eigenvalue weighted by molar-refractivity contribution is 6.42. The smallest absolute Gasteiger partial charge is 0.269 e. The minimum atomic E-state index is -0.267. The quantitative estimate of drug-likeness (QED) is 0.733. The van der Waals surface area contributed by atoms with E-state index in [-0.39, 0.29) is 12.0 Å². The fraction of sp³-hybridized carbons (Fsp3) is 0.278. The summed E-state index contributed by atoms with van der Waals surface area (Å²) in [4.78, 5) is 12.2. The fourth-order valence-electron chi connectivity index (χ4n) is 2.44. The molecule has 1 aliphatic heterocycles. The van der Waals surface area contributed by atoms with Crippen LogP contribution in [0.15, 0.2) is 42.5 Å². The van der Waals surface area contributed by atoms with E-state index in [1.165, 1.54) is 0 Å². The van der Waals surface area contributed by atoms with Gasteiger partial charge in [0.25, 0.3) is 5.91 Å². The van der Waals surface area contributed by atoms with Crippen LogP contribution in [0.4, 0.5) is 5.69 Å². The summed E-state index contributed by atoms with van der Waals surface area (Å²) in [5.74, 6) is 0.446. The molecule has 5 nitrogen and oxygen atoms in total. The number of rotatable bonds is 6. The maximum absolute atomic E-state index is 12.2. The molecule has 1 atom stereocenters. The number of amides is 1. The van der Waals surface area contributed by atoms with Crippen molar-refractivity contribution in [2.75, 3.05) is 18.6 Å². The Morgan fingerprint density at radius 1 is 1.16 bits per heavy atom. The topological polar surface area (TPSA) is 59.6 Å². The van der Waals surface area contributed by atoms with Gasteiger partial charge in [-0.2, -0.15) is 0 Å². The van der Waals surface area contributed by atoms with E-state index < -0.39 is 0 Å². The molecule has 0 bridgehead atoms. The summed E-state index contributed by atoms with van der Waals surface area (Å²) < 4.78 is 11.2. The Hall–Kier alpha value is -1.95. The lowest BCUT2D eigenvalue weighted by Gasteiger charge is -2.12. The fourth-order valence-corrected chi connectivity index (χ4v) is 2.74.